The molecule has 1 heterocycles. The lowest BCUT2D eigenvalue weighted by atomic mass is 10.0. The van der Waals surface area contributed by atoms with E-state index in [2.05, 4.69) is 10.2 Å². The molecule has 0 aliphatic carbocycles. The molecule has 0 saturated carbocycles. The van der Waals surface area contributed by atoms with E-state index in [1.807, 2.05) is 31.2 Å². The number of aromatic nitrogens is 2. The second kappa shape index (κ2) is 4.91. The summed E-state index contributed by atoms with van der Waals surface area (Å²) >= 11 is 0. The molecule has 18 heavy (non-hydrogen) atoms. The Kier molecular flexibility index (Phi) is 3.32. The summed E-state index contributed by atoms with van der Waals surface area (Å²) < 4.78 is 0. The normalized spacial score (nSPS) is 10.5. The number of benzene rings is 1. The third-order valence-electron chi connectivity index (χ3n) is 2.87. The molecule has 5 heteroatoms. The van der Waals surface area contributed by atoms with Gasteiger partial charge in [-0.25, -0.2) is 4.79 Å². The summed E-state index contributed by atoms with van der Waals surface area (Å²) in [6, 6.07) is 8.15. The molecule has 1 aromatic carbocycles. The van der Waals surface area contributed by atoms with Crippen LogP contribution in [-0.2, 0) is 12.8 Å². The lowest BCUT2D eigenvalue weighted by Gasteiger charge is -2.02. The Morgan fingerprint density at radius 2 is 2.00 bits per heavy atom. The number of nitrogens with zero attached hydrogens (tertiary/aromatic N) is 1. The third kappa shape index (κ3) is 2.51. The highest BCUT2D eigenvalue weighted by atomic mass is 16.4. The van der Waals surface area contributed by atoms with Gasteiger partial charge in [-0.15, -0.1) is 0 Å². The van der Waals surface area contributed by atoms with Crippen molar-refractivity contribution in [2.24, 2.45) is 0 Å². The van der Waals surface area contributed by atoms with E-state index in [9.17, 15) is 4.79 Å². The molecular formula is C13H15N3O2. The molecule has 0 radical (unpaired) electrons. The number of H-pyrrole nitrogens is 1. The summed E-state index contributed by atoms with van der Waals surface area (Å²) in [5.74, 6) is -0.999. The number of aromatic amines is 1. The van der Waals surface area contributed by atoms with Gasteiger partial charge in [0, 0.05) is 0 Å². The van der Waals surface area contributed by atoms with Crippen molar-refractivity contribution in [3.8, 4) is 0 Å². The van der Waals surface area contributed by atoms with Crippen molar-refractivity contribution in [3.05, 3.63) is 46.6 Å². The standard InChI is InChI=1S/C13H15N3O2/c1-8-2-4-9(5-3-8)6-7-10-11(13(17)18)12(14)16-15-10/h2-5H,6-7H2,1H3,(H,17,18)(H3,14,15,16). The van der Waals surface area contributed by atoms with Crippen LogP contribution < -0.4 is 5.73 Å². The monoisotopic (exact) mass is 245 g/mol. The van der Waals surface area contributed by atoms with Gasteiger partial charge in [0.2, 0.25) is 0 Å². The summed E-state index contributed by atoms with van der Waals surface area (Å²) in [5, 5.41) is 15.4. The van der Waals surface area contributed by atoms with E-state index >= 15 is 0 Å². The van der Waals surface area contributed by atoms with Gasteiger partial charge >= 0.3 is 5.97 Å². The van der Waals surface area contributed by atoms with Crippen LogP contribution in [0.4, 0.5) is 5.82 Å². The zero-order valence-corrected chi connectivity index (χ0v) is 10.1. The van der Waals surface area contributed by atoms with Crippen molar-refractivity contribution in [1.29, 1.82) is 0 Å². The summed E-state index contributed by atoms with van der Waals surface area (Å²) in [6.45, 7) is 2.03. The van der Waals surface area contributed by atoms with E-state index in [4.69, 9.17) is 10.8 Å². The van der Waals surface area contributed by atoms with Crippen molar-refractivity contribution in [3.63, 3.8) is 0 Å². The molecule has 0 saturated heterocycles. The Balaban J connectivity index is 2.11. The average Bonchev–Trinajstić information content (AvgIpc) is 2.70. The predicted octanol–water partition coefficient (Wildman–Crippen LogP) is 1.78. The second-order valence-electron chi connectivity index (χ2n) is 4.25. The number of nitrogens with two attached hydrogens (primary N) is 1. The van der Waals surface area contributed by atoms with Crippen molar-refractivity contribution < 1.29 is 9.90 Å². The average molecular weight is 245 g/mol. The Morgan fingerprint density at radius 3 is 2.61 bits per heavy atom. The zero-order valence-electron chi connectivity index (χ0n) is 10.1. The molecule has 4 N–H and O–H groups in total. The Morgan fingerprint density at radius 1 is 1.33 bits per heavy atom. The SMILES string of the molecule is Cc1ccc(CCc2[nH]nc(N)c2C(=O)O)cc1. The third-order valence-corrected chi connectivity index (χ3v) is 2.87. The first kappa shape index (κ1) is 12.2. The minimum Gasteiger partial charge on any atom is -0.477 e. The molecule has 0 spiro atoms. The van der Waals surface area contributed by atoms with Gasteiger partial charge in [-0.05, 0) is 25.3 Å². The van der Waals surface area contributed by atoms with Gasteiger partial charge in [0.05, 0.1) is 5.69 Å². The zero-order chi connectivity index (χ0) is 13.1. The molecule has 5 nitrogen and oxygen atoms in total. The molecule has 0 aliphatic heterocycles. The van der Waals surface area contributed by atoms with Crippen LogP contribution in [0.15, 0.2) is 24.3 Å². The van der Waals surface area contributed by atoms with Crippen LogP contribution in [0.3, 0.4) is 0 Å². The topological polar surface area (TPSA) is 92.0 Å². The van der Waals surface area contributed by atoms with Gasteiger partial charge in [0.15, 0.2) is 5.82 Å². The van der Waals surface area contributed by atoms with Crippen LogP contribution in [0.25, 0.3) is 0 Å². The summed E-state index contributed by atoms with van der Waals surface area (Å²) in [4.78, 5) is 11.0. The molecule has 2 rings (SSSR count). The highest BCUT2D eigenvalue weighted by molar-refractivity contribution is 5.93. The van der Waals surface area contributed by atoms with E-state index in [0.717, 1.165) is 12.0 Å². The highest BCUT2D eigenvalue weighted by Crippen LogP contribution is 2.16. The molecule has 0 unspecified atom stereocenters. The Hall–Kier alpha value is -2.30. The summed E-state index contributed by atoms with van der Waals surface area (Å²) in [5.41, 5.74) is 8.53. The molecule has 0 fully saturated rings. The maximum Gasteiger partial charge on any atom is 0.341 e. The minimum atomic E-state index is -1.04. The van der Waals surface area contributed by atoms with Crippen molar-refractivity contribution in [1.82, 2.24) is 10.2 Å². The van der Waals surface area contributed by atoms with Crippen molar-refractivity contribution in [2.45, 2.75) is 19.8 Å². The molecule has 0 bridgehead atoms. The quantitative estimate of drug-likeness (QED) is 0.765. The molecule has 94 valence electrons. The van der Waals surface area contributed by atoms with Gasteiger partial charge in [0.25, 0.3) is 0 Å². The molecule has 1 aromatic heterocycles. The highest BCUT2D eigenvalue weighted by Gasteiger charge is 2.17. The Bertz CT molecular complexity index is 558. The number of rotatable bonds is 4. The molecule has 0 aliphatic rings. The predicted molar refractivity (Wildman–Crippen MR) is 68.5 cm³/mol. The van der Waals surface area contributed by atoms with Crippen LogP contribution in [0.5, 0.6) is 0 Å². The van der Waals surface area contributed by atoms with E-state index in [0.29, 0.717) is 12.1 Å². The largest absolute Gasteiger partial charge is 0.477 e. The van der Waals surface area contributed by atoms with E-state index in [-0.39, 0.29) is 11.4 Å². The number of anilines is 1. The van der Waals surface area contributed by atoms with Crippen molar-refractivity contribution >= 4 is 11.8 Å². The number of aromatic carboxylic acids is 1. The number of carboxylic acids is 1. The van der Waals surface area contributed by atoms with Gasteiger partial charge in [-0.2, -0.15) is 5.10 Å². The van der Waals surface area contributed by atoms with E-state index in [1.54, 1.807) is 0 Å². The Labute approximate surface area is 105 Å². The van der Waals surface area contributed by atoms with Gasteiger partial charge < -0.3 is 10.8 Å². The van der Waals surface area contributed by atoms with Crippen LogP contribution >= 0.6 is 0 Å². The van der Waals surface area contributed by atoms with E-state index in [1.165, 1.54) is 5.56 Å². The molecule has 0 amide bonds. The van der Waals surface area contributed by atoms with Gasteiger partial charge in [-0.3, -0.25) is 5.10 Å². The number of nitrogen functional groups attached to an aromatic ring is 1. The fourth-order valence-corrected chi connectivity index (χ4v) is 1.84. The lowest BCUT2D eigenvalue weighted by Crippen LogP contribution is -2.04. The van der Waals surface area contributed by atoms with Crippen LogP contribution in [-0.4, -0.2) is 21.3 Å². The number of nitrogens with one attached hydrogen (secondary N) is 1. The minimum absolute atomic E-state index is 0.0430. The fourth-order valence-electron chi connectivity index (χ4n) is 1.84. The number of carbonyl (C=O) groups is 1. The number of hydrogen-bond donors (Lipinski definition) is 3. The molecule has 0 atom stereocenters. The maximum atomic E-state index is 11.0. The van der Waals surface area contributed by atoms with Crippen LogP contribution in [0.1, 0.15) is 27.2 Å². The number of aryl methyl sites for hydroxylation is 3. The number of hydrogen-bond acceptors (Lipinski definition) is 3. The van der Waals surface area contributed by atoms with Crippen LogP contribution in [0.2, 0.25) is 0 Å². The summed E-state index contributed by atoms with van der Waals surface area (Å²) in [7, 11) is 0. The lowest BCUT2D eigenvalue weighted by molar-refractivity contribution is 0.0697. The van der Waals surface area contributed by atoms with Crippen LogP contribution in [0, 0.1) is 6.92 Å². The molecular weight excluding hydrogens is 230 g/mol. The fraction of sp³-hybridized carbons (Fsp3) is 0.231. The summed E-state index contributed by atoms with van der Waals surface area (Å²) in [6.07, 6.45) is 1.33. The first-order valence-electron chi connectivity index (χ1n) is 5.69. The number of carboxylic acid groups (broad SMARTS) is 1. The van der Waals surface area contributed by atoms with Gasteiger partial charge in [-0.1, -0.05) is 29.8 Å². The molecule has 2 aromatic rings. The smallest absolute Gasteiger partial charge is 0.341 e. The first-order valence-corrected chi connectivity index (χ1v) is 5.69. The van der Waals surface area contributed by atoms with Crippen molar-refractivity contribution in [2.75, 3.05) is 5.73 Å². The first-order chi connectivity index (χ1) is 8.58. The second-order valence-corrected chi connectivity index (χ2v) is 4.25. The maximum absolute atomic E-state index is 11.0. The van der Waals surface area contributed by atoms with Gasteiger partial charge in [0.1, 0.15) is 5.56 Å². The van der Waals surface area contributed by atoms with E-state index < -0.39 is 5.97 Å².